The summed E-state index contributed by atoms with van der Waals surface area (Å²) >= 11 is 6.43. The number of halogens is 1. The van der Waals surface area contributed by atoms with Gasteiger partial charge in [0.25, 0.3) is 0 Å². The topological polar surface area (TPSA) is 49.3 Å². The Bertz CT molecular complexity index is 801. The third-order valence-electron chi connectivity index (χ3n) is 5.01. The van der Waals surface area contributed by atoms with E-state index in [0.717, 1.165) is 36.0 Å². The van der Waals surface area contributed by atoms with E-state index < -0.39 is 5.38 Å². The normalized spacial score (nSPS) is 15.9. The highest BCUT2D eigenvalue weighted by Gasteiger charge is 2.29. The van der Waals surface area contributed by atoms with E-state index in [2.05, 4.69) is 23.7 Å². The van der Waals surface area contributed by atoms with Crippen molar-refractivity contribution in [3.8, 4) is 0 Å². The van der Waals surface area contributed by atoms with Crippen LogP contribution < -0.4 is 4.90 Å². The Hall–Kier alpha value is -2.14. The number of aryl methyl sites for hydroxylation is 2. The molecule has 27 heavy (non-hydrogen) atoms. The molecule has 0 spiro atoms. The van der Waals surface area contributed by atoms with Gasteiger partial charge in [-0.25, -0.2) is 9.97 Å². The first kappa shape index (κ1) is 19.6. The number of carbonyl (C=O) groups is 1. The molecule has 0 saturated carbocycles. The Balaban J connectivity index is 1.72. The van der Waals surface area contributed by atoms with Gasteiger partial charge in [-0.3, -0.25) is 4.79 Å². The number of rotatable bonds is 4. The van der Waals surface area contributed by atoms with Crippen molar-refractivity contribution in [1.29, 1.82) is 0 Å². The molecule has 0 radical (unpaired) electrons. The van der Waals surface area contributed by atoms with Crippen LogP contribution in [-0.2, 0) is 4.79 Å². The molecule has 1 aliphatic heterocycles. The molecule has 1 fully saturated rings. The van der Waals surface area contributed by atoms with Crippen molar-refractivity contribution in [2.75, 3.05) is 31.1 Å². The van der Waals surface area contributed by atoms with Crippen molar-refractivity contribution >= 4 is 23.3 Å². The van der Waals surface area contributed by atoms with Gasteiger partial charge in [0, 0.05) is 37.4 Å². The summed E-state index contributed by atoms with van der Waals surface area (Å²) < 4.78 is 0. The van der Waals surface area contributed by atoms with Gasteiger partial charge in [0.05, 0.1) is 0 Å². The number of anilines is 1. The second-order valence-corrected chi connectivity index (χ2v) is 7.77. The number of hydrogen-bond donors (Lipinski definition) is 0. The fourth-order valence-corrected chi connectivity index (χ4v) is 3.97. The van der Waals surface area contributed by atoms with E-state index in [0.29, 0.717) is 19.0 Å². The Morgan fingerprint density at radius 2 is 1.67 bits per heavy atom. The minimum absolute atomic E-state index is 0.0263. The highest BCUT2D eigenvalue weighted by atomic mass is 35.5. The molecular weight excluding hydrogens is 360 g/mol. The van der Waals surface area contributed by atoms with E-state index >= 15 is 0 Å². The molecule has 2 heterocycles. The van der Waals surface area contributed by atoms with Gasteiger partial charge in [-0.05, 0) is 25.3 Å². The van der Waals surface area contributed by atoms with Gasteiger partial charge in [0.1, 0.15) is 17.0 Å². The first-order valence-corrected chi connectivity index (χ1v) is 9.90. The molecule has 0 aliphatic carbocycles. The molecular formula is C21H27ClN4O. The molecule has 1 amide bonds. The highest BCUT2D eigenvalue weighted by Crippen LogP contribution is 2.29. The minimum Gasteiger partial charge on any atom is -0.353 e. The smallest absolute Gasteiger partial charge is 0.245 e. The van der Waals surface area contributed by atoms with Gasteiger partial charge >= 0.3 is 0 Å². The van der Waals surface area contributed by atoms with Crippen LogP contribution in [-0.4, -0.2) is 47.0 Å². The molecule has 1 saturated heterocycles. The zero-order valence-corrected chi connectivity index (χ0v) is 17.2. The zero-order chi connectivity index (χ0) is 19.6. The summed E-state index contributed by atoms with van der Waals surface area (Å²) in [5, 5.41) is -0.632. The van der Waals surface area contributed by atoms with Gasteiger partial charge < -0.3 is 9.80 Å². The lowest BCUT2D eigenvalue weighted by Crippen LogP contribution is -2.50. The van der Waals surface area contributed by atoms with E-state index in [1.54, 1.807) is 0 Å². The maximum Gasteiger partial charge on any atom is 0.245 e. The molecule has 144 valence electrons. The van der Waals surface area contributed by atoms with E-state index in [1.807, 2.05) is 49.1 Å². The average Bonchev–Trinajstić information content (AvgIpc) is 2.66. The predicted molar refractivity (Wildman–Crippen MR) is 109 cm³/mol. The summed E-state index contributed by atoms with van der Waals surface area (Å²) in [6, 6.07) is 9.53. The minimum atomic E-state index is -0.632. The summed E-state index contributed by atoms with van der Waals surface area (Å²) in [5.41, 5.74) is 3.08. The quantitative estimate of drug-likeness (QED) is 0.749. The van der Waals surface area contributed by atoms with Crippen LogP contribution >= 0.6 is 11.6 Å². The van der Waals surface area contributed by atoms with Gasteiger partial charge in [-0.1, -0.05) is 44.2 Å². The molecule has 5 nitrogen and oxygen atoms in total. The fourth-order valence-electron chi connectivity index (χ4n) is 3.68. The Morgan fingerprint density at radius 1 is 1.04 bits per heavy atom. The van der Waals surface area contributed by atoms with Gasteiger partial charge in [0.15, 0.2) is 0 Å². The number of nitrogens with zero attached hydrogens (tertiary/aromatic N) is 4. The first-order valence-electron chi connectivity index (χ1n) is 9.46. The monoisotopic (exact) mass is 386 g/mol. The predicted octanol–water partition coefficient (Wildman–Crippen LogP) is 3.85. The number of benzene rings is 1. The van der Waals surface area contributed by atoms with E-state index in [1.165, 1.54) is 5.56 Å². The summed E-state index contributed by atoms with van der Waals surface area (Å²) in [5.74, 6) is 2.12. The fraction of sp³-hybridized carbons (Fsp3) is 0.476. The van der Waals surface area contributed by atoms with E-state index in [4.69, 9.17) is 16.6 Å². The second kappa shape index (κ2) is 8.26. The Labute approximate surface area is 166 Å². The highest BCUT2D eigenvalue weighted by molar-refractivity contribution is 6.30. The van der Waals surface area contributed by atoms with Crippen LogP contribution in [0.1, 0.15) is 47.8 Å². The number of aromatic nitrogens is 2. The molecule has 2 aromatic rings. The molecule has 1 atom stereocenters. The second-order valence-electron chi connectivity index (χ2n) is 7.33. The standard InChI is InChI=1S/C21H27ClN4O/c1-14(2)18-15(3)23-16(4)24-20(18)25-10-12-26(13-11-25)21(27)19(22)17-8-6-5-7-9-17/h5-9,14,19H,10-13H2,1-4H3. The summed E-state index contributed by atoms with van der Waals surface area (Å²) in [4.78, 5) is 26.2. The molecule has 0 bridgehead atoms. The lowest BCUT2D eigenvalue weighted by molar-refractivity contribution is -0.131. The lowest BCUT2D eigenvalue weighted by atomic mass is 10.0. The molecule has 1 unspecified atom stereocenters. The third kappa shape index (κ3) is 4.24. The van der Waals surface area contributed by atoms with Crippen molar-refractivity contribution in [3.63, 3.8) is 0 Å². The van der Waals surface area contributed by atoms with Crippen LogP contribution in [0.3, 0.4) is 0 Å². The maximum atomic E-state index is 12.8. The van der Waals surface area contributed by atoms with Crippen LogP contribution in [0.15, 0.2) is 30.3 Å². The van der Waals surface area contributed by atoms with Crippen LogP contribution in [0.25, 0.3) is 0 Å². The Kier molecular flexibility index (Phi) is 6.00. The largest absolute Gasteiger partial charge is 0.353 e. The zero-order valence-electron chi connectivity index (χ0n) is 16.4. The molecule has 6 heteroatoms. The summed E-state index contributed by atoms with van der Waals surface area (Å²) in [7, 11) is 0. The summed E-state index contributed by atoms with van der Waals surface area (Å²) in [6.07, 6.45) is 0. The van der Waals surface area contributed by atoms with Crippen molar-refractivity contribution in [3.05, 3.63) is 53.0 Å². The van der Waals surface area contributed by atoms with Crippen molar-refractivity contribution < 1.29 is 4.79 Å². The first-order chi connectivity index (χ1) is 12.9. The number of hydrogen-bond acceptors (Lipinski definition) is 4. The van der Waals surface area contributed by atoms with Gasteiger partial charge in [-0.2, -0.15) is 0 Å². The van der Waals surface area contributed by atoms with Crippen molar-refractivity contribution in [2.45, 2.75) is 39.0 Å². The Morgan fingerprint density at radius 3 is 2.26 bits per heavy atom. The number of piperazine rings is 1. The summed E-state index contributed by atoms with van der Waals surface area (Å²) in [6.45, 7) is 11.1. The van der Waals surface area contributed by atoms with Crippen molar-refractivity contribution in [1.82, 2.24) is 14.9 Å². The number of alkyl halides is 1. The van der Waals surface area contributed by atoms with Crippen LogP contribution in [0, 0.1) is 13.8 Å². The molecule has 3 rings (SSSR count). The van der Waals surface area contributed by atoms with E-state index in [-0.39, 0.29) is 5.91 Å². The number of carbonyl (C=O) groups excluding carboxylic acids is 1. The van der Waals surface area contributed by atoms with Crippen LogP contribution in [0.5, 0.6) is 0 Å². The SMILES string of the molecule is Cc1nc(C)c(C(C)C)c(N2CCN(C(=O)C(Cl)c3ccccc3)CC2)n1. The molecule has 1 aromatic heterocycles. The molecule has 0 N–H and O–H groups in total. The van der Waals surface area contributed by atoms with Gasteiger partial charge in [-0.15, -0.1) is 11.6 Å². The molecule has 1 aromatic carbocycles. The van der Waals surface area contributed by atoms with Crippen molar-refractivity contribution in [2.24, 2.45) is 0 Å². The average molecular weight is 387 g/mol. The number of amides is 1. The van der Waals surface area contributed by atoms with Crippen LogP contribution in [0.4, 0.5) is 5.82 Å². The third-order valence-corrected chi connectivity index (χ3v) is 5.44. The molecule has 1 aliphatic rings. The maximum absolute atomic E-state index is 12.8. The van der Waals surface area contributed by atoms with Gasteiger partial charge in [0.2, 0.25) is 5.91 Å². The van der Waals surface area contributed by atoms with E-state index in [9.17, 15) is 4.79 Å². The lowest BCUT2D eigenvalue weighted by Gasteiger charge is -2.37. The van der Waals surface area contributed by atoms with Crippen LogP contribution in [0.2, 0.25) is 0 Å².